The fraction of sp³-hybridized carbons (Fsp3) is 0.333. The molecule has 0 aromatic heterocycles. The average Bonchev–Trinajstić information content (AvgIpc) is 2.68. The van der Waals surface area contributed by atoms with Crippen molar-refractivity contribution in [2.24, 2.45) is 5.73 Å². The number of nitrogens with zero attached hydrogens (tertiary/aromatic N) is 2. The van der Waals surface area contributed by atoms with E-state index in [2.05, 4.69) is 29.2 Å². The van der Waals surface area contributed by atoms with Crippen LogP contribution in [0.2, 0.25) is 0 Å². The summed E-state index contributed by atoms with van der Waals surface area (Å²) in [6.07, 6.45) is 0. The molecule has 0 radical (unpaired) electrons. The van der Waals surface area contributed by atoms with Gasteiger partial charge in [-0.05, 0) is 17.2 Å². The van der Waals surface area contributed by atoms with Crippen molar-refractivity contribution >= 4 is 11.8 Å². The van der Waals surface area contributed by atoms with Crippen LogP contribution in [0.3, 0.4) is 0 Å². The standard InChI is InChI=1S/C21H25N3O3/c1-15(25)24-12-11-23(14-19(24)21(22)26)13-16-7-9-17(10-8-16)18-5-3-4-6-20(18)27-2/h3-10,19H,11-14H2,1-2H3,(H2,22,26)/t19-/m1/s1. The second-order valence-electron chi connectivity index (χ2n) is 6.76. The van der Waals surface area contributed by atoms with Crippen LogP contribution in [0.25, 0.3) is 11.1 Å². The topological polar surface area (TPSA) is 75.9 Å². The maximum Gasteiger partial charge on any atom is 0.241 e. The smallest absolute Gasteiger partial charge is 0.241 e. The Morgan fingerprint density at radius 2 is 1.81 bits per heavy atom. The molecule has 1 saturated heterocycles. The van der Waals surface area contributed by atoms with E-state index in [1.165, 1.54) is 6.92 Å². The highest BCUT2D eigenvalue weighted by Gasteiger charge is 2.32. The fourth-order valence-electron chi connectivity index (χ4n) is 3.53. The summed E-state index contributed by atoms with van der Waals surface area (Å²) < 4.78 is 5.43. The summed E-state index contributed by atoms with van der Waals surface area (Å²) in [6, 6.07) is 15.7. The highest BCUT2D eigenvalue weighted by Crippen LogP contribution is 2.29. The van der Waals surface area contributed by atoms with Crippen molar-refractivity contribution in [1.29, 1.82) is 0 Å². The molecule has 6 heteroatoms. The molecule has 1 heterocycles. The highest BCUT2D eigenvalue weighted by molar-refractivity contribution is 5.86. The number of para-hydroxylation sites is 1. The van der Waals surface area contributed by atoms with Crippen LogP contribution in [0.1, 0.15) is 12.5 Å². The Morgan fingerprint density at radius 3 is 2.44 bits per heavy atom. The third kappa shape index (κ3) is 4.28. The average molecular weight is 367 g/mol. The molecule has 0 unspecified atom stereocenters. The van der Waals surface area contributed by atoms with E-state index in [9.17, 15) is 9.59 Å². The molecule has 3 rings (SSSR count). The number of methoxy groups -OCH3 is 1. The minimum absolute atomic E-state index is 0.111. The molecule has 2 aromatic rings. The Bertz CT molecular complexity index is 820. The molecule has 27 heavy (non-hydrogen) atoms. The number of carbonyl (C=O) groups excluding carboxylic acids is 2. The van der Waals surface area contributed by atoms with Gasteiger partial charge in [-0.2, -0.15) is 0 Å². The van der Waals surface area contributed by atoms with Crippen LogP contribution in [0, 0.1) is 0 Å². The molecule has 6 nitrogen and oxygen atoms in total. The van der Waals surface area contributed by atoms with E-state index in [-0.39, 0.29) is 5.91 Å². The van der Waals surface area contributed by atoms with Gasteiger partial charge < -0.3 is 15.4 Å². The van der Waals surface area contributed by atoms with Gasteiger partial charge in [0, 0.05) is 38.7 Å². The number of nitrogens with two attached hydrogens (primary N) is 1. The first-order chi connectivity index (χ1) is 13.0. The summed E-state index contributed by atoms with van der Waals surface area (Å²) in [5.41, 5.74) is 8.78. The van der Waals surface area contributed by atoms with Gasteiger partial charge in [-0.25, -0.2) is 0 Å². The molecule has 142 valence electrons. The lowest BCUT2D eigenvalue weighted by Gasteiger charge is -2.39. The Balaban J connectivity index is 1.70. The third-order valence-electron chi connectivity index (χ3n) is 4.98. The number of rotatable bonds is 5. The van der Waals surface area contributed by atoms with E-state index in [4.69, 9.17) is 10.5 Å². The number of amides is 2. The quantitative estimate of drug-likeness (QED) is 0.875. The zero-order valence-corrected chi connectivity index (χ0v) is 15.7. The van der Waals surface area contributed by atoms with Gasteiger partial charge in [0.1, 0.15) is 11.8 Å². The highest BCUT2D eigenvalue weighted by atomic mass is 16.5. The van der Waals surface area contributed by atoms with Gasteiger partial charge in [0.25, 0.3) is 0 Å². The molecule has 1 atom stereocenters. The number of ether oxygens (including phenoxy) is 1. The van der Waals surface area contributed by atoms with E-state index in [1.54, 1.807) is 12.0 Å². The van der Waals surface area contributed by atoms with Gasteiger partial charge >= 0.3 is 0 Å². The van der Waals surface area contributed by atoms with Gasteiger partial charge in [0.05, 0.1) is 7.11 Å². The number of hydrogen-bond donors (Lipinski definition) is 1. The van der Waals surface area contributed by atoms with Crippen LogP contribution in [-0.2, 0) is 16.1 Å². The van der Waals surface area contributed by atoms with Crippen molar-refractivity contribution in [3.63, 3.8) is 0 Å². The molecule has 1 aliphatic heterocycles. The van der Waals surface area contributed by atoms with Crippen LogP contribution in [-0.4, -0.2) is 54.4 Å². The number of carbonyl (C=O) groups is 2. The molecule has 1 fully saturated rings. The summed E-state index contributed by atoms with van der Waals surface area (Å²) in [6.45, 7) is 3.88. The largest absolute Gasteiger partial charge is 0.496 e. The minimum atomic E-state index is -0.566. The Labute approximate surface area is 159 Å². The van der Waals surface area contributed by atoms with Gasteiger partial charge in [0.2, 0.25) is 11.8 Å². The molecule has 0 saturated carbocycles. The van der Waals surface area contributed by atoms with Crippen molar-refractivity contribution in [3.05, 3.63) is 54.1 Å². The Hall–Kier alpha value is -2.86. The van der Waals surface area contributed by atoms with E-state index in [0.29, 0.717) is 19.6 Å². The first-order valence-corrected chi connectivity index (χ1v) is 9.01. The zero-order chi connectivity index (χ0) is 19.4. The lowest BCUT2D eigenvalue weighted by molar-refractivity contribution is -0.141. The first kappa shape index (κ1) is 18.9. The summed E-state index contributed by atoms with van der Waals surface area (Å²) in [5.74, 6) is 0.274. The summed E-state index contributed by atoms with van der Waals surface area (Å²) in [5, 5.41) is 0. The molecule has 2 N–H and O–H groups in total. The first-order valence-electron chi connectivity index (χ1n) is 9.01. The lowest BCUT2D eigenvalue weighted by Crippen LogP contribution is -2.59. The fourth-order valence-corrected chi connectivity index (χ4v) is 3.53. The summed E-state index contributed by atoms with van der Waals surface area (Å²) in [7, 11) is 1.67. The second kappa shape index (κ2) is 8.22. The van der Waals surface area contributed by atoms with Crippen LogP contribution >= 0.6 is 0 Å². The van der Waals surface area contributed by atoms with E-state index in [1.807, 2.05) is 24.3 Å². The predicted octanol–water partition coefficient (Wildman–Crippen LogP) is 1.88. The van der Waals surface area contributed by atoms with Crippen LogP contribution < -0.4 is 10.5 Å². The summed E-state index contributed by atoms with van der Waals surface area (Å²) in [4.78, 5) is 27.1. The van der Waals surface area contributed by atoms with Crippen molar-refractivity contribution in [2.75, 3.05) is 26.7 Å². The number of primary amides is 1. The Kier molecular flexibility index (Phi) is 5.76. The predicted molar refractivity (Wildman–Crippen MR) is 104 cm³/mol. The van der Waals surface area contributed by atoms with Gasteiger partial charge in [-0.1, -0.05) is 42.5 Å². The second-order valence-corrected chi connectivity index (χ2v) is 6.76. The molecular weight excluding hydrogens is 342 g/mol. The SMILES string of the molecule is COc1ccccc1-c1ccc(CN2CCN(C(C)=O)[C@@H](C(N)=O)C2)cc1. The van der Waals surface area contributed by atoms with Crippen molar-refractivity contribution < 1.29 is 14.3 Å². The monoisotopic (exact) mass is 367 g/mol. The molecule has 1 aliphatic rings. The normalized spacial score (nSPS) is 17.6. The summed E-state index contributed by atoms with van der Waals surface area (Å²) >= 11 is 0. The maximum atomic E-state index is 11.7. The minimum Gasteiger partial charge on any atom is -0.496 e. The van der Waals surface area contributed by atoms with Crippen molar-refractivity contribution in [3.8, 4) is 16.9 Å². The van der Waals surface area contributed by atoms with Crippen molar-refractivity contribution in [2.45, 2.75) is 19.5 Å². The van der Waals surface area contributed by atoms with E-state index in [0.717, 1.165) is 29.0 Å². The van der Waals surface area contributed by atoms with Gasteiger partial charge in [0.15, 0.2) is 0 Å². The number of benzene rings is 2. The molecule has 0 spiro atoms. The molecule has 0 aliphatic carbocycles. The molecule has 0 bridgehead atoms. The van der Waals surface area contributed by atoms with Gasteiger partial charge in [-0.3, -0.25) is 14.5 Å². The van der Waals surface area contributed by atoms with Gasteiger partial charge in [-0.15, -0.1) is 0 Å². The maximum absolute atomic E-state index is 11.7. The van der Waals surface area contributed by atoms with E-state index >= 15 is 0 Å². The third-order valence-corrected chi connectivity index (χ3v) is 4.98. The zero-order valence-electron chi connectivity index (χ0n) is 15.7. The molecule has 2 aromatic carbocycles. The lowest BCUT2D eigenvalue weighted by atomic mass is 10.0. The van der Waals surface area contributed by atoms with Crippen LogP contribution in [0.4, 0.5) is 0 Å². The Morgan fingerprint density at radius 1 is 1.11 bits per heavy atom. The van der Waals surface area contributed by atoms with Crippen LogP contribution in [0.5, 0.6) is 5.75 Å². The van der Waals surface area contributed by atoms with E-state index < -0.39 is 11.9 Å². The van der Waals surface area contributed by atoms with Crippen molar-refractivity contribution in [1.82, 2.24) is 9.80 Å². The van der Waals surface area contributed by atoms with Crippen LogP contribution in [0.15, 0.2) is 48.5 Å². The number of hydrogen-bond acceptors (Lipinski definition) is 4. The molecule has 2 amide bonds. The molecular formula is C21H25N3O3. The number of piperazine rings is 1.